The second-order valence-electron chi connectivity index (χ2n) is 5.70. The fourth-order valence-corrected chi connectivity index (χ4v) is 3.83. The number of rotatable bonds is 3. The maximum atomic E-state index is 12.6. The lowest BCUT2D eigenvalue weighted by molar-refractivity contribution is -0.116. The van der Waals surface area contributed by atoms with E-state index in [1.165, 1.54) is 0 Å². The molecule has 2 heterocycles. The maximum absolute atomic E-state index is 12.6. The molecule has 0 spiro atoms. The van der Waals surface area contributed by atoms with Crippen molar-refractivity contribution in [2.45, 2.75) is 37.4 Å². The van der Waals surface area contributed by atoms with E-state index in [4.69, 9.17) is 0 Å². The van der Waals surface area contributed by atoms with Gasteiger partial charge in [0.05, 0.1) is 0 Å². The molecule has 0 fully saturated rings. The van der Waals surface area contributed by atoms with E-state index in [1.54, 1.807) is 11.8 Å². The molecule has 2 aliphatic rings. The van der Waals surface area contributed by atoms with Crippen LogP contribution in [0.25, 0.3) is 0 Å². The van der Waals surface area contributed by atoms with Crippen molar-refractivity contribution in [2.75, 3.05) is 11.1 Å². The molecule has 0 bridgehead atoms. The molecular formula is C17H18N4OS. The average molecular weight is 326 g/mol. The maximum Gasteiger partial charge on any atom is 0.227 e. The highest BCUT2D eigenvalue weighted by molar-refractivity contribution is 7.99. The van der Waals surface area contributed by atoms with E-state index in [0.29, 0.717) is 6.42 Å². The monoisotopic (exact) mass is 326 g/mol. The molecule has 4 rings (SSSR count). The van der Waals surface area contributed by atoms with E-state index in [2.05, 4.69) is 34.5 Å². The molecule has 5 nitrogen and oxygen atoms in total. The molecule has 0 unspecified atom stereocenters. The van der Waals surface area contributed by atoms with Gasteiger partial charge in [-0.05, 0) is 24.2 Å². The first kappa shape index (κ1) is 14.5. The van der Waals surface area contributed by atoms with Gasteiger partial charge in [-0.3, -0.25) is 4.79 Å². The Morgan fingerprint density at radius 2 is 2.13 bits per heavy atom. The zero-order valence-corrected chi connectivity index (χ0v) is 13.8. The molecule has 1 atom stereocenters. The van der Waals surface area contributed by atoms with E-state index in [0.717, 1.165) is 46.5 Å². The number of fused-ring (bicyclic) bond motifs is 1. The van der Waals surface area contributed by atoms with Gasteiger partial charge >= 0.3 is 0 Å². The number of aromatic nitrogens is 3. The van der Waals surface area contributed by atoms with Gasteiger partial charge < -0.3 is 5.32 Å². The minimum absolute atomic E-state index is 0.172. The van der Waals surface area contributed by atoms with Gasteiger partial charge in [0.2, 0.25) is 11.1 Å². The van der Waals surface area contributed by atoms with Gasteiger partial charge in [0.1, 0.15) is 6.04 Å². The number of hydrogen-bond acceptors (Lipinski definition) is 5. The predicted octanol–water partition coefficient (Wildman–Crippen LogP) is 3.41. The number of ketones is 1. The Morgan fingerprint density at radius 3 is 2.91 bits per heavy atom. The standard InChI is InChI=1S/C17H18N4OS/c1-2-23-17-19-16-18-12-9-6-10-13(22)14(12)15(21(16)20-17)11-7-4-3-5-8-11/h3-5,7-8,15H,2,6,9-10H2,1H3,(H,18,19,20)/t15-/m1/s1. The minimum atomic E-state index is -0.172. The molecule has 6 heteroatoms. The molecule has 2 aromatic rings. The zero-order chi connectivity index (χ0) is 15.8. The second-order valence-corrected chi connectivity index (χ2v) is 6.93. The lowest BCUT2D eigenvalue weighted by Crippen LogP contribution is -2.31. The van der Waals surface area contributed by atoms with Crippen LogP contribution in [0.4, 0.5) is 5.95 Å². The number of anilines is 1. The van der Waals surface area contributed by atoms with Crippen molar-refractivity contribution < 1.29 is 4.79 Å². The molecule has 1 aromatic carbocycles. The molecule has 0 saturated heterocycles. The average Bonchev–Trinajstić information content (AvgIpc) is 2.96. The molecule has 23 heavy (non-hydrogen) atoms. The third-order valence-electron chi connectivity index (χ3n) is 4.24. The first-order valence-electron chi connectivity index (χ1n) is 7.95. The first-order valence-corrected chi connectivity index (χ1v) is 8.94. The number of nitrogens with zero attached hydrogens (tertiary/aromatic N) is 3. The topological polar surface area (TPSA) is 59.8 Å². The van der Waals surface area contributed by atoms with Gasteiger partial charge in [-0.25, -0.2) is 4.68 Å². The van der Waals surface area contributed by atoms with Crippen molar-refractivity contribution in [1.29, 1.82) is 0 Å². The summed E-state index contributed by atoms with van der Waals surface area (Å²) >= 11 is 1.61. The number of Topliss-reactive ketones (excluding diaryl/α,β-unsaturated/α-hetero) is 1. The van der Waals surface area contributed by atoms with E-state index in [9.17, 15) is 4.79 Å². The van der Waals surface area contributed by atoms with Crippen LogP contribution in [0, 0.1) is 0 Å². The summed E-state index contributed by atoms with van der Waals surface area (Å²) in [6, 6.07) is 9.94. The fourth-order valence-electron chi connectivity index (χ4n) is 3.27. The van der Waals surface area contributed by atoms with Crippen LogP contribution in [-0.2, 0) is 4.79 Å². The fraction of sp³-hybridized carbons (Fsp3) is 0.353. The highest BCUT2D eigenvalue weighted by Crippen LogP contribution is 2.40. The highest BCUT2D eigenvalue weighted by Gasteiger charge is 2.36. The summed E-state index contributed by atoms with van der Waals surface area (Å²) in [5.74, 6) is 1.88. The van der Waals surface area contributed by atoms with Crippen molar-refractivity contribution in [3.05, 3.63) is 47.2 Å². The number of allylic oxidation sites excluding steroid dienone is 2. The third kappa shape index (κ3) is 2.47. The van der Waals surface area contributed by atoms with E-state index in [1.807, 2.05) is 22.9 Å². The lowest BCUT2D eigenvalue weighted by Gasteiger charge is -2.32. The summed E-state index contributed by atoms with van der Waals surface area (Å²) in [7, 11) is 0. The van der Waals surface area contributed by atoms with Gasteiger partial charge in [-0.15, -0.1) is 5.10 Å². The Balaban J connectivity index is 1.87. The Morgan fingerprint density at radius 1 is 1.30 bits per heavy atom. The van der Waals surface area contributed by atoms with Gasteiger partial charge in [0.15, 0.2) is 5.78 Å². The minimum Gasteiger partial charge on any atom is -0.328 e. The molecule has 0 amide bonds. The van der Waals surface area contributed by atoms with Crippen LogP contribution in [0.15, 0.2) is 46.8 Å². The Bertz CT molecular complexity index is 781. The molecule has 0 radical (unpaired) electrons. The quantitative estimate of drug-likeness (QED) is 0.876. The van der Waals surface area contributed by atoms with E-state index in [-0.39, 0.29) is 11.8 Å². The predicted molar refractivity (Wildman–Crippen MR) is 90.5 cm³/mol. The largest absolute Gasteiger partial charge is 0.328 e. The summed E-state index contributed by atoms with van der Waals surface area (Å²) < 4.78 is 1.87. The number of carbonyl (C=O) groups excluding carboxylic acids is 1. The summed E-state index contributed by atoms with van der Waals surface area (Å²) in [4.78, 5) is 17.2. The van der Waals surface area contributed by atoms with Crippen molar-refractivity contribution in [1.82, 2.24) is 14.8 Å². The molecule has 1 aliphatic carbocycles. The molecule has 1 aliphatic heterocycles. The van der Waals surface area contributed by atoms with Gasteiger partial charge in [0.25, 0.3) is 0 Å². The Hall–Kier alpha value is -2.08. The summed E-state index contributed by atoms with van der Waals surface area (Å²) in [5.41, 5.74) is 2.95. The van der Waals surface area contributed by atoms with Crippen LogP contribution >= 0.6 is 11.8 Å². The number of benzene rings is 1. The number of nitrogens with one attached hydrogen (secondary N) is 1. The third-order valence-corrected chi connectivity index (χ3v) is 4.96. The first-order chi connectivity index (χ1) is 11.3. The van der Waals surface area contributed by atoms with Crippen molar-refractivity contribution in [2.24, 2.45) is 0 Å². The van der Waals surface area contributed by atoms with Crippen molar-refractivity contribution in [3.8, 4) is 0 Å². The van der Waals surface area contributed by atoms with E-state index >= 15 is 0 Å². The molecule has 1 aromatic heterocycles. The van der Waals surface area contributed by atoms with E-state index < -0.39 is 0 Å². The van der Waals surface area contributed by atoms with Gasteiger partial charge in [0, 0.05) is 17.7 Å². The summed E-state index contributed by atoms with van der Waals surface area (Å²) in [6.07, 6.45) is 2.41. The number of hydrogen-bond donors (Lipinski definition) is 1. The van der Waals surface area contributed by atoms with Crippen LogP contribution < -0.4 is 5.32 Å². The number of carbonyl (C=O) groups is 1. The zero-order valence-electron chi connectivity index (χ0n) is 13.0. The van der Waals surface area contributed by atoms with Gasteiger partial charge in [-0.2, -0.15) is 4.98 Å². The SMILES string of the molecule is CCSc1nc2n(n1)[C@H](c1ccccc1)C1=C(CCCC1=O)N2. The van der Waals surface area contributed by atoms with Crippen molar-refractivity contribution in [3.63, 3.8) is 0 Å². The Kier molecular flexibility index (Phi) is 3.69. The van der Waals surface area contributed by atoms with Gasteiger partial charge in [-0.1, -0.05) is 49.0 Å². The summed E-state index contributed by atoms with van der Waals surface area (Å²) in [5, 5.41) is 8.74. The molecule has 118 valence electrons. The van der Waals surface area contributed by atoms with Crippen LogP contribution in [0.5, 0.6) is 0 Å². The van der Waals surface area contributed by atoms with Crippen LogP contribution in [0.3, 0.4) is 0 Å². The van der Waals surface area contributed by atoms with Crippen LogP contribution in [0.2, 0.25) is 0 Å². The van der Waals surface area contributed by atoms with Crippen LogP contribution in [-0.4, -0.2) is 26.3 Å². The second kappa shape index (κ2) is 5.85. The normalized spacial score (nSPS) is 20.0. The highest BCUT2D eigenvalue weighted by atomic mass is 32.2. The van der Waals surface area contributed by atoms with Crippen LogP contribution in [0.1, 0.15) is 37.8 Å². The summed E-state index contributed by atoms with van der Waals surface area (Å²) in [6.45, 7) is 2.08. The lowest BCUT2D eigenvalue weighted by atomic mass is 9.85. The smallest absolute Gasteiger partial charge is 0.227 e. The molecular weight excluding hydrogens is 308 g/mol. The molecule has 1 N–H and O–H groups in total. The Labute approximate surface area is 139 Å². The molecule has 0 saturated carbocycles. The number of thioether (sulfide) groups is 1. The van der Waals surface area contributed by atoms with Crippen molar-refractivity contribution >= 4 is 23.5 Å².